The monoisotopic (exact) mass is 466 g/mol. The molecule has 2 aliphatic heterocycles. The summed E-state index contributed by atoms with van der Waals surface area (Å²) in [4.78, 5) is 32.0. The van der Waals surface area contributed by atoms with Gasteiger partial charge in [0.05, 0.1) is 17.6 Å². The van der Waals surface area contributed by atoms with Gasteiger partial charge in [0.25, 0.3) is 5.91 Å². The fraction of sp³-hybridized carbons (Fsp3) is 0.375. The number of carboxylic acids is 1. The van der Waals surface area contributed by atoms with Crippen molar-refractivity contribution in [3.63, 3.8) is 0 Å². The highest BCUT2D eigenvalue weighted by atomic mass is 32.1. The molecule has 0 saturated carbocycles. The van der Waals surface area contributed by atoms with E-state index in [1.807, 2.05) is 37.3 Å². The number of anilines is 2. The summed E-state index contributed by atoms with van der Waals surface area (Å²) in [6.45, 7) is 3.74. The smallest absolute Gasteiger partial charge is 0.306 e. The Bertz CT molecular complexity index is 1230. The number of piperidine rings is 1. The number of thiophene rings is 1. The number of carboxylic acid groups (broad SMARTS) is 1. The molecule has 4 N–H and O–H groups in total. The molecule has 9 heteroatoms. The summed E-state index contributed by atoms with van der Waals surface area (Å²) in [7, 11) is 0. The Morgan fingerprint density at radius 1 is 1.24 bits per heavy atom. The number of fused-ring (bicyclic) bond motifs is 2. The fourth-order valence-electron chi connectivity index (χ4n) is 4.54. The highest BCUT2D eigenvalue weighted by molar-refractivity contribution is 7.21. The Morgan fingerprint density at radius 3 is 2.79 bits per heavy atom. The number of rotatable bonds is 4. The van der Waals surface area contributed by atoms with Gasteiger partial charge < -0.3 is 25.8 Å². The van der Waals surface area contributed by atoms with E-state index in [-0.39, 0.29) is 17.9 Å². The second kappa shape index (κ2) is 8.55. The zero-order chi connectivity index (χ0) is 23.1. The summed E-state index contributed by atoms with van der Waals surface area (Å²) < 4.78 is 5.99. The van der Waals surface area contributed by atoms with Gasteiger partial charge in [-0.15, -0.1) is 11.3 Å². The van der Waals surface area contributed by atoms with E-state index in [0.29, 0.717) is 36.4 Å². The lowest BCUT2D eigenvalue weighted by Gasteiger charge is -2.33. The molecule has 1 atom stereocenters. The highest BCUT2D eigenvalue weighted by Crippen LogP contribution is 2.34. The van der Waals surface area contributed by atoms with Crippen LogP contribution in [0.1, 0.15) is 33.8 Å². The number of aliphatic carboxylic acids is 1. The number of nitrogen functional groups attached to an aromatic ring is 1. The third-order valence-corrected chi connectivity index (χ3v) is 7.55. The molecule has 0 aliphatic carbocycles. The van der Waals surface area contributed by atoms with Crippen LogP contribution in [0.25, 0.3) is 10.2 Å². The molecule has 2 aliphatic rings. The van der Waals surface area contributed by atoms with Crippen molar-refractivity contribution in [3.8, 4) is 5.75 Å². The van der Waals surface area contributed by atoms with E-state index in [1.165, 1.54) is 11.3 Å². The third kappa shape index (κ3) is 4.20. The predicted molar refractivity (Wildman–Crippen MR) is 128 cm³/mol. The first kappa shape index (κ1) is 21.5. The van der Waals surface area contributed by atoms with Crippen molar-refractivity contribution < 1.29 is 19.4 Å². The molecular formula is C24H26N4O4S. The molecule has 0 bridgehead atoms. The van der Waals surface area contributed by atoms with Crippen LogP contribution in [0.4, 0.5) is 11.4 Å². The number of aromatic nitrogens is 1. The van der Waals surface area contributed by atoms with Crippen molar-refractivity contribution >= 4 is 44.8 Å². The molecule has 8 nitrogen and oxygen atoms in total. The number of nitrogens with one attached hydrogen (secondary N) is 1. The number of pyridine rings is 1. The molecule has 0 radical (unpaired) electrons. The average molecular weight is 467 g/mol. The first-order chi connectivity index (χ1) is 15.9. The topological polar surface area (TPSA) is 118 Å². The number of amides is 1. The van der Waals surface area contributed by atoms with Crippen LogP contribution in [-0.2, 0) is 11.2 Å². The summed E-state index contributed by atoms with van der Waals surface area (Å²) in [5.41, 5.74) is 9.66. The Labute approximate surface area is 195 Å². The second-order valence-corrected chi connectivity index (χ2v) is 9.73. The summed E-state index contributed by atoms with van der Waals surface area (Å²) in [6.07, 6.45) is 1.97. The zero-order valence-electron chi connectivity index (χ0n) is 18.3. The van der Waals surface area contributed by atoms with Gasteiger partial charge in [-0.3, -0.25) is 9.59 Å². The van der Waals surface area contributed by atoms with Gasteiger partial charge in [0.2, 0.25) is 0 Å². The minimum atomic E-state index is -0.708. The number of hydrogen-bond donors (Lipinski definition) is 3. The molecule has 1 aromatic carbocycles. The number of nitrogens with two attached hydrogens (primary N) is 1. The van der Waals surface area contributed by atoms with Gasteiger partial charge in [0.15, 0.2) is 0 Å². The molecule has 1 saturated heterocycles. The van der Waals surface area contributed by atoms with Crippen molar-refractivity contribution in [2.75, 3.05) is 30.3 Å². The standard InChI is InChI=1S/C24H26N4O4S/c1-13-2-5-18-20(25)21(33-23(18)26-13)22(29)27-16-10-15-3-4-17(11-19(15)32-12-16)28-8-6-14(7-9-28)24(30)31/h2-5,11,14,16H,6-10,12,25H2,1H3,(H,27,29)(H,30,31)/t16-/m0/s1. The van der Waals surface area contributed by atoms with Crippen LogP contribution in [-0.4, -0.2) is 47.7 Å². The van der Waals surface area contributed by atoms with E-state index in [1.54, 1.807) is 0 Å². The number of nitrogens with zero attached hydrogens (tertiary/aromatic N) is 2. The number of carbonyl (C=O) groups is 2. The third-order valence-electron chi connectivity index (χ3n) is 6.44. The van der Waals surface area contributed by atoms with Crippen LogP contribution in [0.5, 0.6) is 5.75 Å². The van der Waals surface area contributed by atoms with Crippen LogP contribution in [0, 0.1) is 12.8 Å². The molecule has 0 unspecified atom stereocenters. The van der Waals surface area contributed by atoms with Gasteiger partial charge in [-0.25, -0.2) is 4.98 Å². The van der Waals surface area contributed by atoms with E-state index in [9.17, 15) is 14.7 Å². The lowest BCUT2D eigenvalue weighted by molar-refractivity contribution is -0.142. The van der Waals surface area contributed by atoms with Crippen LogP contribution in [0.2, 0.25) is 0 Å². The molecule has 172 valence electrons. The van der Waals surface area contributed by atoms with Gasteiger partial charge in [0, 0.05) is 35.9 Å². The van der Waals surface area contributed by atoms with E-state index >= 15 is 0 Å². The van der Waals surface area contributed by atoms with Crippen LogP contribution in [0.15, 0.2) is 30.3 Å². The molecule has 4 heterocycles. The maximum absolute atomic E-state index is 12.9. The van der Waals surface area contributed by atoms with E-state index in [0.717, 1.165) is 46.0 Å². The van der Waals surface area contributed by atoms with Crippen molar-refractivity contribution in [2.45, 2.75) is 32.2 Å². The van der Waals surface area contributed by atoms with Crippen molar-refractivity contribution in [1.82, 2.24) is 10.3 Å². The lowest BCUT2D eigenvalue weighted by Crippen LogP contribution is -2.42. The lowest BCUT2D eigenvalue weighted by atomic mass is 9.96. The Morgan fingerprint density at radius 2 is 2.03 bits per heavy atom. The van der Waals surface area contributed by atoms with E-state index in [2.05, 4.69) is 15.2 Å². The molecule has 33 heavy (non-hydrogen) atoms. The number of aryl methyl sites for hydroxylation is 1. The Hall–Kier alpha value is -3.33. The summed E-state index contributed by atoms with van der Waals surface area (Å²) in [5.74, 6) is -0.350. The fourth-order valence-corrected chi connectivity index (χ4v) is 5.59. The molecule has 5 rings (SSSR count). The number of hydrogen-bond acceptors (Lipinski definition) is 7. The Balaban J connectivity index is 1.25. The molecule has 1 amide bonds. The predicted octanol–water partition coefficient (Wildman–Crippen LogP) is 3.22. The Kier molecular flexibility index (Phi) is 5.57. The van der Waals surface area contributed by atoms with Crippen LogP contribution >= 0.6 is 11.3 Å². The molecule has 1 fully saturated rings. The maximum Gasteiger partial charge on any atom is 0.306 e. The van der Waals surface area contributed by atoms with Gasteiger partial charge in [-0.05, 0) is 49.9 Å². The number of carbonyl (C=O) groups excluding carboxylic acids is 1. The van der Waals surface area contributed by atoms with Crippen LogP contribution < -0.4 is 20.7 Å². The summed E-state index contributed by atoms with van der Waals surface area (Å²) in [5, 5.41) is 13.1. The van der Waals surface area contributed by atoms with Gasteiger partial charge in [0.1, 0.15) is 22.1 Å². The maximum atomic E-state index is 12.9. The molecule has 3 aromatic rings. The normalized spacial score (nSPS) is 18.6. The van der Waals surface area contributed by atoms with Gasteiger partial charge >= 0.3 is 5.97 Å². The second-order valence-electron chi connectivity index (χ2n) is 8.73. The highest BCUT2D eigenvalue weighted by Gasteiger charge is 2.27. The van der Waals surface area contributed by atoms with Gasteiger partial charge in [-0.2, -0.15) is 0 Å². The first-order valence-corrected chi connectivity index (χ1v) is 11.9. The quantitative estimate of drug-likeness (QED) is 0.540. The molecule has 0 spiro atoms. The van der Waals surface area contributed by atoms with Crippen molar-refractivity contribution in [3.05, 3.63) is 46.5 Å². The SMILES string of the molecule is Cc1ccc2c(N)c(C(=O)N[C@@H]3COc4cc(N5CCC(C(=O)O)CC5)ccc4C3)sc2n1. The first-order valence-electron chi connectivity index (χ1n) is 11.1. The van der Waals surface area contributed by atoms with Gasteiger partial charge in [-0.1, -0.05) is 6.07 Å². The van der Waals surface area contributed by atoms with Crippen molar-refractivity contribution in [2.24, 2.45) is 5.92 Å². The number of benzene rings is 1. The van der Waals surface area contributed by atoms with Crippen LogP contribution in [0.3, 0.4) is 0 Å². The summed E-state index contributed by atoms with van der Waals surface area (Å²) >= 11 is 1.31. The largest absolute Gasteiger partial charge is 0.491 e. The average Bonchev–Trinajstić information content (AvgIpc) is 3.14. The molecule has 2 aromatic heterocycles. The minimum Gasteiger partial charge on any atom is -0.491 e. The van der Waals surface area contributed by atoms with E-state index < -0.39 is 5.97 Å². The van der Waals surface area contributed by atoms with Crippen molar-refractivity contribution in [1.29, 1.82) is 0 Å². The zero-order valence-corrected chi connectivity index (χ0v) is 19.2. The number of ether oxygens (including phenoxy) is 1. The van der Waals surface area contributed by atoms with E-state index in [4.69, 9.17) is 10.5 Å². The molecular weight excluding hydrogens is 440 g/mol. The summed E-state index contributed by atoms with van der Waals surface area (Å²) in [6, 6.07) is 9.75. The minimum absolute atomic E-state index is 0.151.